The summed E-state index contributed by atoms with van der Waals surface area (Å²) in [5.74, 6) is 0. The summed E-state index contributed by atoms with van der Waals surface area (Å²) < 4.78 is 48.2. The second-order valence-electron chi connectivity index (χ2n) is 5.63. The van der Waals surface area contributed by atoms with E-state index in [9.17, 15) is 16.8 Å². The summed E-state index contributed by atoms with van der Waals surface area (Å²) in [5, 5.41) is -0.580. The molecule has 2 atom stereocenters. The second kappa shape index (κ2) is 6.06. The number of rotatable bonds is 3. The number of benzene rings is 1. The fraction of sp³-hybridized carbons (Fsp3) is 0.571. The van der Waals surface area contributed by atoms with Gasteiger partial charge in [0.25, 0.3) is 0 Å². The first kappa shape index (κ1) is 16.5. The lowest BCUT2D eigenvalue weighted by Gasteiger charge is -2.21. The molecule has 0 spiro atoms. The van der Waals surface area contributed by atoms with Crippen molar-refractivity contribution in [2.45, 2.75) is 53.2 Å². The van der Waals surface area contributed by atoms with Crippen LogP contribution in [-0.4, -0.2) is 34.4 Å². The van der Waals surface area contributed by atoms with Crippen molar-refractivity contribution in [1.29, 1.82) is 0 Å². The normalized spacial score (nSPS) is 24.5. The van der Waals surface area contributed by atoms with Gasteiger partial charge in [-0.3, -0.25) is 0 Å². The van der Waals surface area contributed by atoms with Crippen LogP contribution >= 0.6 is 0 Å². The zero-order valence-electron chi connectivity index (χ0n) is 12.0. The van der Waals surface area contributed by atoms with Crippen molar-refractivity contribution >= 4 is 19.7 Å². The average molecular weight is 331 g/mol. The van der Waals surface area contributed by atoms with Gasteiger partial charge in [-0.1, -0.05) is 19.3 Å². The van der Waals surface area contributed by atoms with Crippen LogP contribution in [0.15, 0.2) is 34.1 Å². The lowest BCUT2D eigenvalue weighted by molar-refractivity contribution is 0.531. The van der Waals surface area contributed by atoms with Gasteiger partial charge in [0.2, 0.25) is 0 Å². The van der Waals surface area contributed by atoms with Crippen molar-refractivity contribution in [3.8, 4) is 0 Å². The van der Waals surface area contributed by atoms with E-state index in [0.29, 0.717) is 12.8 Å². The van der Waals surface area contributed by atoms with Crippen molar-refractivity contribution in [2.75, 3.05) is 6.26 Å². The largest absolute Gasteiger partial charge is 0.327 e. The Kier molecular flexibility index (Phi) is 4.75. The molecule has 0 aliphatic heterocycles. The molecule has 2 N–H and O–H groups in total. The van der Waals surface area contributed by atoms with Crippen LogP contribution in [0.1, 0.15) is 32.1 Å². The highest BCUT2D eigenvalue weighted by Crippen LogP contribution is 2.27. The molecule has 0 radical (unpaired) electrons. The van der Waals surface area contributed by atoms with Gasteiger partial charge in [0.1, 0.15) is 0 Å². The van der Waals surface area contributed by atoms with E-state index in [1.807, 2.05) is 0 Å². The molecule has 1 aliphatic carbocycles. The summed E-state index contributed by atoms with van der Waals surface area (Å²) in [6.07, 6.45) is 5.20. The van der Waals surface area contributed by atoms with Gasteiger partial charge < -0.3 is 5.73 Å². The molecule has 1 saturated carbocycles. The molecule has 5 nitrogen and oxygen atoms in total. The molecule has 21 heavy (non-hydrogen) atoms. The monoisotopic (exact) mass is 331 g/mol. The van der Waals surface area contributed by atoms with Crippen LogP contribution in [0.3, 0.4) is 0 Å². The van der Waals surface area contributed by atoms with Crippen LogP contribution in [-0.2, 0) is 19.7 Å². The number of hydrogen-bond donors (Lipinski definition) is 1. The highest BCUT2D eigenvalue weighted by Gasteiger charge is 2.33. The Bertz CT molecular complexity index is 693. The van der Waals surface area contributed by atoms with Crippen LogP contribution in [0, 0.1) is 0 Å². The van der Waals surface area contributed by atoms with E-state index in [2.05, 4.69) is 0 Å². The Morgan fingerprint density at radius 2 is 1.43 bits per heavy atom. The van der Waals surface area contributed by atoms with Gasteiger partial charge in [0, 0.05) is 12.3 Å². The number of nitrogens with two attached hydrogens (primary N) is 1. The molecule has 0 saturated heterocycles. The first-order valence-electron chi connectivity index (χ1n) is 7.02. The lowest BCUT2D eigenvalue weighted by atomic mass is 10.1. The number of hydrogen-bond acceptors (Lipinski definition) is 5. The third-order valence-corrected chi connectivity index (χ3v) is 7.42. The molecule has 2 rings (SSSR count). The molecule has 1 aromatic carbocycles. The lowest BCUT2D eigenvalue weighted by Crippen LogP contribution is -2.39. The zero-order valence-corrected chi connectivity index (χ0v) is 13.7. The standard InChI is InChI=1S/C14H21NO4S2/c1-20(16,17)11-7-9-12(10-8-11)21(18,19)14-6-4-2-3-5-13(14)15/h7-10,13-14H,2-6,15H2,1H3. The van der Waals surface area contributed by atoms with Gasteiger partial charge in [-0.25, -0.2) is 16.8 Å². The molecular weight excluding hydrogens is 310 g/mol. The smallest absolute Gasteiger partial charge is 0.182 e. The van der Waals surface area contributed by atoms with Crippen LogP contribution in [0.25, 0.3) is 0 Å². The molecule has 0 aromatic heterocycles. The fourth-order valence-corrected chi connectivity index (χ4v) is 5.31. The second-order valence-corrected chi connectivity index (χ2v) is 9.81. The molecular formula is C14H21NO4S2. The molecule has 0 bridgehead atoms. The molecule has 0 amide bonds. The van der Waals surface area contributed by atoms with Crippen molar-refractivity contribution < 1.29 is 16.8 Å². The fourth-order valence-electron chi connectivity index (χ4n) is 2.74. The third-order valence-electron chi connectivity index (χ3n) is 3.98. The molecule has 118 valence electrons. The summed E-state index contributed by atoms with van der Waals surface area (Å²) in [6.45, 7) is 0. The first-order valence-corrected chi connectivity index (χ1v) is 10.5. The Morgan fingerprint density at radius 1 is 0.905 bits per heavy atom. The van der Waals surface area contributed by atoms with E-state index >= 15 is 0 Å². The van der Waals surface area contributed by atoms with Gasteiger partial charge in [0.15, 0.2) is 19.7 Å². The van der Waals surface area contributed by atoms with Crippen LogP contribution in [0.2, 0.25) is 0 Å². The predicted molar refractivity (Wildman–Crippen MR) is 81.6 cm³/mol. The van der Waals surface area contributed by atoms with Gasteiger partial charge in [0.05, 0.1) is 15.0 Å². The minimum absolute atomic E-state index is 0.117. The maximum Gasteiger partial charge on any atom is 0.182 e. The van der Waals surface area contributed by atoms with E-state index < -0.39 is 24.9 Å². The minimum Gasteiger partial charge on any atom is -0.327 e. The summed E-state index contributed by atoms with van der Waals surface area (Å²) in [7, 11) is -6.84. The Morgan fingerprint density at radius 3 is 2.00 bits per heavy atom. The Labute approximate surface area is 126 Å². The van der Waals surface area contributed by atoms with Crippen molar-refractivity contribution in [2.24, 2.45) is 5.73 Å². The van der Waals surface area contributed by atoms with E-state index in [-0.39, 0.29) is 15.8 Å². The Hall–Kier alpha value is -0.920. The predicted octanol–water partition coefficient (Wildman–Crippen LogP) is 1.52. The molecule has 0 heterocycles. The molecule has 7 heteroatoms. The summed E-state index contributed by atoms with van der Waals surface area (Å²) in [6, 6.07) is 5.05. The van der Waals surface area contributed by atoms with Crippen molar-refractivity contribution in [3.05, 3.63) is 24.3 Å². The van der Waals surface area contributed by atoms with Crippen LogP contribution in [0.4, 0.5) is 0 Å². The zero-order chi connectivity index (χ0) is 15.7. The summed E-state index contributed by atoms with van der Waals surface area (Å²) in [4.78, 5) is 0.267. The van der Waals surface area contributed by atoms with Gasteiger partial charge in [-0.05, 0) is 37.1 Å². The van der Waals surface area contributed by atoms with Gasteiger partial charge in [-0.2, -0.15) is 0 Å². The quantitative estimate of drug-likeness (QED) is 0.848. The van der Waals surface area contributed by atoms with Crippen molar-refractivity contribution in [3.63, 3.8) is 0 Å². The summed E-state index contributed by atoms with van der Waals surface area (Å²) >= 11 is 0. The Balaban J connectivity index is 2.35. The number of sulfone groups is 2. The molecule has 1 aromatic rings. The van der Waals surface area contributed by atoms with Gasteiger partial charge in [-0.15, -0.1) is 0 Å². The van der Waals surface area contributed by atoms with E-state index in [1.165, 1.54) is 24.3 Å². The summed E-state index contributed by atoms with van der Waals surface area (Å²) in [5.41, 5.74) is 6.03. The highest BCUT2D eigenvalue weighted by atomic mass is 32.2. The van der Waals surface area contributed by atoms with E-state index in [1.54, 1.807) is 0 Å². The average Bonchev–Trinajstić information content (AvgIpc) is 2.63. The van der Waals surface area contributed by atoms with Crippen molar-refractivity contribution in [1.82, 2.24) is 0 Å². The maximum atomic E-state index is 12.7. The van der Waals surface area contributed by atoms with E-state index in [0.717, 1.165) is 25.5 Å². The molecule has 1 fully saturated rings. The first-order chi connectivity index (χ1) is 9.73. The topological polar surface area (TPSA) is 94.3 Å². The van der Waals surface area contributed by atoms with Crippen LogP contribution in [0.5, 0.6) is 0 Å². The minimum atomic E-state index is -3.52. The highest BCUT2D eigenvalue weighted by molar-refractivity contribution is 7.92. The van der Waals surface area contributed by atoms with Crippen LogP contribution < -0.4 is 5.73 Å². The SMILES string of the molecule is CS(=O)(=O)c1ccc(S(=O)(=O)C2CCCCCC2N)cc1. The van der Waals surface area contributed by atoms with Gasteiger partial charge >= 0.3 is 0 Å². The third kappa shape index (κ3) is 3.64. The van der Waals surface area contributed by atoms with E-state index in [4.69, 9.17) is 5.73 Å². The molecule has 1 aliphatic rings. The maximum absolute atomic E-state index is 12.7. The molecule has 2 unspecified atom stereocenters.